The van der Waals surface area contributed by atoms with E-state index in [1.165, 1.54) is 38.8 Å². The normalized spacial score (nSPS) is 13.8. The van der Waals surface area contributed by atoms with Crippen molar-refractivity contribution in [2.75, 3.05) is 0 Å². The number of benzene rings is 4. The minimum Gasteiger partial charge on any atom is -0.350 e. The summed E-state index contributed by atoms with van der Waals surface area (Å²) in [5.74, 6) is 0. The largest absolute Gasteiger partial charge is 0.350 e. The fourth-order valence-corrected chi connectivity index (χ4v) is 5.93. The van der Waals surface area contributed by atoms with E-state index < -0.39 is 0 Å². The first-order valence-electron chi connectivity index (χ1n) is 11.8. The number of fused-ring (bicyclic) bond motifs is 1. The van der Waals surface area contributed by atoms with Gasteiger partial charge < -0.3 is 4.57 Å². The van der Waals surface area contributed by atoms with E-state index in [9.17, 15) is 0 Å². The van der Waals surface area contributed by atoms with Crippen LogP contribution >= 0.6 is 34.8 Å². The van der Waals surface area contributed by atoms with Gasteiger partial charge in [-0.25, -0.2) is 0 Å². The number of hydrogen-bond donors (Lipinski definition) is 0. The SMILES string of the molecule is Cn1cc(C2=C(c3ccc(Cl)cc3)CC(c3ccc(Cl)cc3Cl)=C2c2ccccc2)c2ccccc21. The van der Waals surface area contributed by atoms with Crippen molar-refractivity contribution in [3.8, 4) is 0 Å². The lowest BCUT2D eigenvalue weighted by atomic mass is 9.89. The fraction of sp³-hybridized carbons (Fsp3) is 0.0625. The second kappa shape index (κ2) is 9.33. The lowest BCUT2D eigenvalue weighted by Crippen LogP contribution is -1.92. The Labute approximate surface area is 225 Å². The second-order valence-electron chi connectivity index (χ2n) is 9.05. The summed E-state index contributed by atoms with van der Waals surface area (Å²) in [7, 11) is 2.10. The average molecular weight is 527 g/mol. The van der Waals surface area contributed by atoms with Crippen molar-refractivity contribution in [3.05, 3.63) is 141 Å². The summed E-state index contributed by atoms with van der Waals surface area (Å²) < 4.78 is 2.20. The number of para-hydroxylation sites is 1. The Hall–Kier alpha value is -3.23. The van der Waals surface area contributed by atoms with Gasteiger partial charge in [0.25, 0.3) is 0 Å². The molecule has 0 unspecified atom stereocenters. The van der Waals surface area contributed by atoms with E-state index >= 15 is 0 Å². The molecule has 0 N–H and O–H groups in total. The smallest absolute Gasteiger partial charge is 0.0496 e. The molecule has 0 aliphatic heterocycles. The van der Waals surface area contributed by atoms with Crippen LogP contribution in [0.1, 0.15) is 28.7 Å². The highest BCUT2D eigenvalue weighted by atomic mass is 35.5. The molecule has 0 amide bonds. The molecule has 0 bridgehead atoms. The molecule has 1 aliphatic carbocycles. The maximum absolute atomic E-state index is 6.81. The van der Waals surface area contributed by atoms with Gasteiger partial charge >= 0.3 is 0 Å². The van der Waals surface area contributed by atoms with Crippen molar-refractivity contribution in [1.29, 1.82) is 0 Å². The zero-order chi connectivity index (χ0) is 24.8. The number of rotatable bonds is 4. The Morgan fingerprint density at radius 2 is 1.31 bits per heavy atom. The van der Waals surface area contributed by atoms with E-state index in [1.54, 1.807) is 0 Å². The molecule has 4 heteroatoms. The summed E-state index contributed by atoms with van der Waals surface area (Å²) in [6.07, 6.45) is 2.98. The lowest BCUT2D eigenvalue weighted by molar-refractivity contribution is 0.967. The Bertz CT molecular complexity index is 1670. The third-order valence-corrected chi connectivity index (χ3v) is 7.68. The number of aromatic nitrogens is 1. The third kappa shape index (κ3) is 3.98. The molecule has 176 valence electrons. The maximum Gasteiger partial charge on any atom is 0.0496 e. The molecule has 0 spiro atoms. The van der Waals surface area contributed by atoms with Crippen LogP contribution in [0, 0.1) is 0 Å². The van der Waals surface area contributed by atoms with Gasteiger partial charge in [0, 0.05) is 44.8 Å². The van der Waals surface area contributed by atoms with E-state index in [-0.39, 0.29) is 0 Å². The minimum absolute atomic E-state index is 0.628. The van der Waals surface area contributed by atoms with Crippen molar-refractivity contribution < 1.29 is 0 Å². The first kappa shape index (κ1) is 23.2. The van der Waals surface area contributed by atoms with Crippen molar-refractivity contribution >= 4 is 68.0 Å². The van der Waals surface area contributed by atoms with Crippen molar-refractivity contribution in [2.24, 2.45) is 7.05 Å². The molecule has 0 atom stereocenters. The van der Waals surface area contributed by atoms with E-state index in [0.29, 0.717) is 10.0 Å². The van der Waals surface area contributed by atoms with Crippen LogP contribution in [0.3, 0.4) is 0 Å². The maximum atomic E-state index is 6.81. The molecule has 4 aromatic carbocycles. The summed E-state index contributed by atoms with van der Waals surface area (Å²) in [5, 5.41) is 3.23. The van der Waals surface area contributed by atoms with Gasteiger partial charge in [0.05, 0.1) is 0 Å². The van der Waals surface area contributed by atoms with Gasteiger partial charge in [-0.05, 0) is 75.7 Å². The summed E-state index contributed by atoms with van der Waals surface area (Å²) in [5.41, 5.74) is 10.6. The molecule has 1 aromatic heterocycles. The molecule has 1 aliphatic rings. The molecule has 36 heavy (non-hydrogen) atoms. The first-order chi connectivity index (χ1) is 17.5. The van der Waals surface area contributed by atoms with Gasteiger partial charge in [0.15, 0.2) is 0 Å². The van der Waals surface area contributed by atoms with E-state index in [2.05, 4.69) is 84.5 Å². The molecule has 0 fully saturated rings. The van der Waals surface area contributed by atoms with Gasteiger partial charge in [-0.2, -0.15) is 0 Å². The third-order valence-electron chi connectivity index (χ3n) is 6.88. The van der Waals surface area contributed by atoms with Crippen LogP contribution in [0.2, 0.25) is 15.1 Å². The number of aryl methyl sites for hydroxylation is 1. The predicted octanol–water partition coefficient (Wildman–Crippen LogP) is 10.1. The quantitative estimate of drug-likeness (QED) is 0.219. The second-order valence-corrected chi connectivity index (χ2v) is 10.3. The summed E-state index contributed by atoms with van der Waals surface area (Å²) in [6.45, 7) is 0. The van der Waals surface area contributed by atoms with E-state index in [4.69, 9.17) is 34.8 Å². The van der Waals surface area contributed by atoms with Crippen molar-refractivity contribution in [3.63, 3.8) is 0 Å². The summed E-state index contributed by atoms with van der Waals surface area (Å²) in [6, 6.07) is 33.0. The number of nitrogens with zero attached hydrogens (tertiary/aromatic N) is 1. The fourth-order valence-electron chi connectivity index (χ4n) is 5.28. The average Bonchev–Trinajstić information content (AvgIpc) is 3.43. The number of halogens is 3. The predicted molar refractivity (Wildman–Crippen MR) is 156 cm³/mol. The molecule has 1 heterocycles. The van der Waals surface area contributed by atoms with Gasteiger partial charge in [-0.15, -0.1) is 0 Å². The van der Waals surface area contributed by atoms with Gasteiger partial charge in [-0.3, -0.25) is 0 Å². The Kier molecular flexibility index (Phi) is 6.01. The molecule has 0 saturated carbocycles. The number of allylic oxidation sites excluding steroid dienone is 4. The Morgan fingerprint density at radius 1 is 0.611 bits per heavy atom. The zero-order valence-electron chi connectivity index (χ0n) is 19.6. The standard InChI is InChI=1S/C32H22Cl3N/c1-36-19-28(25-9-5-6-10-30(25)36)32-26(20-11-13-22(33)14-12-20)18-27(24-16-15-23(34)17-29(24)35)31(32)21-7-3-2-4-8-21/h2-17,19H,18H2,1H3. The van der Waals surface area contributed by atoms with Crippen molar-refractivity contribution in [2.45, 2.75) is 6.42 Å². The topological polar surface area (TPSA) is 4.93 Å². The van der Waals surface area contributed by atoms with Crippen LogP contribution in [-0.2, 0) is 7.05 Å². The van der Waals surface area contributed by atoms with Crippen molar-refractivity contribution in [1.82, 2.24) is 4.57 Å². The molecule has 0 radical (unpaired) electrons. The molecule has 5 aromatic rings. The molecule has 0 saturated heterocycles. The molecular weight excluding hydrogens is 505 g/mol. The van der Waals surface area contributed by atoms with Crippen LogP contribution in [0.5, 0.6) is 0 Å². The summed E-state index contributed by atoms with van der Waals surface area (Å²) >= 11 is 19.4. The van der Waals surface area contributed by atoms with Crippen LogP contribution in [0.25, 0.3) is 33.2 Å². The minimum atomic E-state index is 0.628. The van der Waals surface area contributed by atoms with Crippen LogP contribution in [0.15, 0.2) is 103 Å². The van der Waals surface area contributed by atoms with Gasteiger partial charge in [-0.1, -0.05) is 102 Å². The van der Waals surface area contributed by atoms with Crippen LogP contribution < -0.4 is 0 Å². The highest BCUT2D eigenvalue weighted by Gasteiger charge is 2.31. The highest BCUT2D eigenvalue weighted by Crippen LogP contribution is 2.53. The zero-order valence-corrected chi connectivity index (χ0v) is 21.9. The number of hydrogen-bond acceptors (Lipinski definition) is 0. The van der Waals surface area contributed by atoms with E-state index in [0.717, 1.165) is 28.1 Å². The molecule has 6 rings (SSSR count). The van der Waals surface area contributed by atoms with Crippen LogP contribution in [0.4, 0.5) is 0 Å². The lowest BCUT2D eigenvalue weighted by Gasteiger charge is -2.14. The van der Waals surface area contributed by atoms with Gasteiger partial charge in [0.1, 0.15) is 0 Å². The van der Waals surface area contributed by atoms with Gasteiger partial charge in [0.2, 0.25) is 0 Å². The van der Waals surface area contributed by atoms with E-state index in [1.807, 2.05) is 30.3 Å². The molecule has 1 nitrogen and oxygen atoms in total. The highest BCUT2D eigenvalue weighted by molar-refractivity contribution is 6.37. The Morgan fingerprint density at radius 3 is 2.06 bits per heavy atom. The Balaban J connectivity index is 1.71. The summed E-state index contributed by atoms with van der Waals surface area (Å²) in [4.78, 5) is 0. The first-order valence-corrected chi connectivity index (χ1v) is 12.9. The molecular formula is C32H22Cl3N. The monoisotopic (exact) mass is 525 g/mol. The van der Waals surface area contributed by atoms with Crippen LogP contribution in [-0.4, -0.2) is 4.57 Å².